The minimum Gasteiger partial charge on any atom is -0.298 e. The van der Waals surface area contributed by atoms with Gasteiger partial charge in [0.2, 0.25) is 0 Å². The van der Waals surface area contributed by atoms with Gasteiger partial charge in [-0.3, -0.25) is 14.5 Å². The van der Waals surface area contributed by atoms with Crippen molar-refractivity contribution in [2.45, 2.75) is 52.9 Å². The summed E-state index contributed by atoms with van der Waals surface area (Å²) in [4.78, 5) is 7.92. The molecule has 23 heavy (non-hydrogen) atoms. The van der Waals surface area contributed by atoms with Crippen LogP contribution in [0.15, 0.2) is 18.3 Å². The summed E-state index contributed by atoms with van der Waals surface area (Å²) in [6, 6.07) is 4.61. The highest BCUT2D eigenvalue weighted by Gasteiger charge is 2.13. The molecule has 0 saturated carbocycles. The highest BCUT2D eigenvalue weighted by atomic mass is 32.1. The lowest BCUT2D eigenvalue weighted by Crippen LogP contribution is -2.17. The summed E-state index contributed by atoms with van der Waals surface area (Å²) < 4.78 is 2.03. The summed E-state index contributed by atoms with van der Waals surface area (Å²) in [5.41, 5.74) is 2.49. The van der Waals surface area contributed by atoms with Crippen molar-refractivity contribution in [1.29, 1.82) is 0 Å². The molecule has 5 heteroatoms. The minimum atomic E-state index is 0.940. The molecule has 2 aromatic rings. The lowest BCUT2D eigenvalue weighted by Gasteiger charge is -2.15. The van der Waals surface area contributed by atoms with E-state index in [4.69, 9.17) is 0 Å². The Bertz CT molecular complexity index is 625. The lowest BCUT2D eigenvalue weighted by atomic mass is 10.2. The Hall–Kier alpha value is -1.17. The Morgan fingerprint density at radius 3 is 2.61 bits per heavy atom. The zero-order chi connectivity index (χ0) is 16.2. The predicted molar refractivity (Wildman–Crippen MR) is 96.6 cm³/mol. The normalized spacial score (nSPS) is 15.8. The topological polar surface area (TPSA) is 24.3 Å². The van der Waals surface area contributed by atoms with E-state index in [0.717, 1.165) is 31.9 Å². The van der Waals surface area contributed by atoms with Gasteiger partial charge in [-0.15, -0.1) is 11.3 Å². The monoisotopic (exact) mass is 332 g/mol. The molecule has 1 aliphatic rings. The van der Waals surface area contributed by atoms with Crippen LogP contribution in [0.4, 0.5) is 0 Å². The van der Waals surface area contributed by atoms with Crippen LogP contribution in [0.3, 0.4) is 0 Å². The molecule has 3 rings (SSSR count). The van der Waals surface area contributed by atoms with Crippen LogP contribution in [0.5, 0.6) is 0 Å². The highest BCUT2D eigenvalue weighted by molar-refractivity contribution is 7.11. The molecule has 1 saturated heterocycles. The van der Waals surface area contributed by atoms with Gasteiger partial charge in [0, 0.05) is 47.7 Å². The van der Waals surface area contributed by atoms with Crippen molar-refractivity contribution >= 4 is 11.3 Å². The number of aromatic nitrogens is 2. The van der Waals surface area contributed by atoms with Crippen LogP contribution >= 0.6 is 11.3 Å². The van der Waals surface area contributed by atoms with Crippen LogP contribution in [-0.2, 0) is 26.2 Å². The van der Waals surface area contributed by atoms with Gasteiger partial charge in [-0.25, -0.2) is 0 Å². The smallest absolute Gasteiger partial charge is 0.0638 e. The van der Waals surface area contributed by atoms with E-state index in [-0.39, 0.29) is 0 Å². The van der Waals surface area contributed by atoms with Crippen molar-refractivity contribution in [1.82, 2.24) is 19.6 Å². The zero-order valence-electron chi connectivity index (χ0n) is 14.6. The third kappa shape index (κ3) is 4.43. The maximum Gasteiger partial charge on any atom is 0.0638 e. The van der Waals surface area contributed by atoms with Crippen LogP contribution in [-0.4, -0.2) is 39.7 Å². The quantitative estimate of drug-likeness (QED) is 0.775. The van der Waals surface area contributed by atoms with Gasteiger partial charge in [0.15, 0.2) is 0 Å². The molecule has 0 aliphatic carbocycles. The Labute approximate surface area is 143 Å². The highest BCUT2D eigenvalue weighted by Crippen LogP contribution is 2.22. The third-order valence-electron chi connectivity index (χ3n) is 4.53. The molecular weight excluding hydrogens is 304 g/mol. The maximum absolute atomic E-state index is 4.54. The van der Waals surface area contributed by atoms with Crippen LogP contribution < -0.4 is 0 Å². The Balaban J connectivity index is 1.53. The number of hydrogen-bond donors (Lipinski definition) is 0. The van der Waals surface area contributed by atoms with Crippen molar-refractivity contribution in [2.24, 2.45) is 0 Å². The summed E-state index contributed by atoms with van der Waals surface area (Å²) in [6.45, 7) is 10.8. The molecule has 1 fully saturated rings. The standard InChI is InChI=1S/C18H28N4S/c1-4-22-12-16(15(2)19-22)11-20(3)13-17-7-8-18(23-17)14-21-9-5-6-10-21/h7-8,12H,4-6,9-11,13-14H2,1-3H3. The summed E-state index contributed by atoms with van der Waals surface area (Å²) in [6.07, 6.45) is 4.91. The molecule has 0 atom stereocenters. The van der Waals surface area contributed by atoms with Gasteiger partial charge in [0.1, 0.15) is 0 Å². The fourth-order valence-electron chi connectivity index (χ4n) is 3.24. The number of aryl methyl sites for hydroxylation is 2. The van der Waals surface area contributed by atoms with E-state index < -0.39 is 0 Å². The second-order valence-electron chi connectivity index (χ2n) is 6.62. The van der Waals surface area contributed by atoms with Crippen LogP contribution in [0.25, 0.3) is 0 Å². The molecule has 3 heterocycles. The predicted octanol–water partition coefficient (Wildman–Crippen LogP) is 3.50. The minimum absolute atomic E-state index is 0.940. The van der Waals surface area contributed by atoms with E-state index in [1.807, 2.05) is 16.0 Å². The van der Waals surface area contributed by atoms with Crippen molar-refractivity contribution in [3.05, 3.63) is 39.3 Å². The maximum atomic E-state index is 4.54. The Kier molecular flexibility index (Phi) is 5.51. The van der Waals surface area contributed by atoms with E-state index in [0.29, 0.717) is 0 Å². The van der Waals surface area contributed by atoms with Crippen molar-refractivity contribution in [3.8, 4) is 0 Å². The fraction of sp³-hybridized carbons (Fsp3) is 0.611. The molecule has 0 radical (unpaired) electrons. The molecular formula is C18H28N4S. The van der Waals surface area contributed by atoms with E-state index in [1.165, 1.54) is 41.2 Å². The van der Waals surface area contributed by atoms with E-state index in [9.17, 15) is 0 Å². The van der Waals surface area contributed by atoms with Gasteiger partial charge in [-0.05, 0) is 59.0 Å². The molecule has 0 unspecified atom stereocenters. The zero-order valence-corrected chi connectivity index (χ0v) is 15.4. The number of likely N-dealkylation sites (tertiary alicyclic amines) is 1. The van der Waals surface area contributed by atoms with E-state index >= 15 is 0 Å². The van der Waals surface area contributed by atoms with Crippen LogP contribution in [0.2, 0.25) is 0 Å². The van der Waals surface area contributed by atoms with Gasteiger partial charge in [0.25, 0.3) is 0 Å². The molecule has 0 aromatic carbocycles. The Morgan fingerprint density at radius 2 is 1.91 bits per heavy atom. The molecule has 0 amide bonds. The molecule has 0 bridgehead atoms. The number of thiophene rings is 1. The second kappa shape index (κ2) is 7.60. The van der Waals surface area contributed by atoms with Crippen LogP contribution in [0.1, 0.15) is 40.8 Å². The first-order valence-corrected chi connectivity index (χ1v) is 9.47. The molecule has 2 aromatic heterocycles. The molecule has 4 nitrogen and oxygen atoms in total. The molecule has 0 N–H and O–H groups in total. The first-order valence-electron chi connectivity index (χ1n) is 8.65. The number of hydrogen-bond acceptors (Lipinski definition) is 4. The fourth-order valence-corrected chi connectivity index (χ4v) is 4.38. The van der Waals surface area contributed by atoms with Gasteiger partial charge in [-0.2, -0.15) is 5.10 Å². The average molecular weight is 333 g/mol. The summed E-state index contributed by atoms with van der Waals surface area (Å²) in [5, 5.41) is 4.54. The first-order chi connectivity index (χ1) is 11.1. The molecule has 1 aliphatic heterocycles. The first kappa shape index (κ1) is 16.7. The summed E-state index contributed by atoms with van der Waals surface area (Å²) >= 11 is 1.97. The van der Waals surface area contributed by atoms with Crippen LogP contribution in [0, 0.1) is 6.92 Å². The van der Waals surface area contributed by atoms with Crippen molar-refractivity contribution < 1.29 is 0 Å². The molecule has 126 valence electrons. The number of nitrogens with zero attached hydrogens (tertiary/aromatic N) is 4. The average Bonchev–Trinajstić information content (AvgIpc) is 3.23. The largest absolute Gasteiger partial charge is 0.298 e. The van der Waals surface area contributed by atoms with E-state index in [2.05, 4.69) is 54.1 Å². The number of rotatable bonds is 7. The SMILES string of the molecule is CCn1cc(CN(C)Cc2ccc(CN3CCCC3)s2)c(C)n1. The Morgan fingerprint density at radius 1 is 1.17 bits per heavy atom. The van der Waals surface area contributed by atoms with Gasteiger partial charge < -0.3 is 0 Å². The lowest BCUT2D eigenvalue weighted by molar-refractivity contribution is 0.321. The van der Waals surface area contributed by atoms with Gasteiger partial charge >= 0.3 is 0 Å². The summed E-state index contributed by atoms with van der Waals surface area (Å²) in [5.74, 6) is 0. The van der Waals surface area contributed by atoms with E-state index in [1.54, 1.807) is 0 Å². The van der Waals surface area contributed by atoms with Crippen molar-refractivity contribution in [3.63, 3.8) is 0 Å². The summed E-state index contributed by atoms with van der Waals surface area (Å²) in [7, 11) is 2.20. The molecule has 0 spiro atoms. The van der Waals surface area contributed by atoms with Gasteiger partial charge in [-0.1, -0.05) is 0 Å². The third-order valence-corrected chi connectivity index (χ3v) is 5.59. The van der Waals surface area contributed by atoms with Crippen molar-refractivity contribution in [2.75, 3.05) is 20.1 Å². The van der Waals surface area contributed by atoms with Gasteiger partial charge in [0.05, 0.1) is 5.69 Å². The second-order valence-corrected chi connectivity index (χ2v) is 7.87.